The molecule has 56 valence electrons. The molecule has 10 heavy (non-hydrogen) atoms. The summed E-state index contributed by atoms with van der Waals surface area (Å²) in [5.74, 6) is -0.904. The Kier molecular flexibility index (Phi) is 2.01. The number of aliphatic carboxylic acids is 1. The molecule has 0 aliphatic carbocycles. The lowest BCUT2D eigenvalue weighted by Gasteiger charge is -2.17. The maximum atomic E-state index is 10.7. The van der Waals surface area contributed by atoms with Crippen LogP contribution < -0.4 is 5.32 Å². The van der Waals surface area contributed by atoms with Crippen molar-refractivity contribution in [2.24, 2.45) is 0 Å². The van der Waals surface area contributed by atoms with Gasteiger partial charge in [-0.2, -0.15) is 0 Å². The predicted molar refractivity (Wildman–Crippen MR) is 33.7 cm³/mol. The first kappa shape index (κ1) is 7.21. The van der Waals surface area contributed by atoms with Crippen molar-refractivity contribution in [3.63, 3.8) is 0 Å². The van der Waals surface area contributed by atoms with Gasteiger partial charge in [-0.25, -0.2) is 0 Å². The number of carboxylic acids is 1. The number of carbonyl (C=O) groups is 2. The lowest BCUT2D eigenvalue weighted by atomic mass is 10.0. The largest absolute Gasteiger partial charge is 0.480 e. The van der Waals surface area contributed by atoms with E-state index in [2.05, 4.69) is 5.32 Å². The van der Waals surface area contributed by atoms with E-state index in [-0.39, 0.29) is 12.2 Å². The molecule has 0 aromatic rings. The molecule has 1 heterocycles. The van der Waals surface area contributed by atoms with Crippen LogP contribution in [0.2, 0.25) is 0 Å². The summed E-state index contributed by atoms with van der Waals surface area (Å²) < 4.78 is 0. The van der Waals surface area contributed by atoms with E-state index < -0.39 is 12.0 Å². The highest BCUT2D eigenvalue weighted by Gasteiger charge is 2.23. The third-order valence-electron chi connectivity index (χ3n) is 1.52. The lowest BCUT2D eigenvalue weighted by Crippen LogP contribution is -2.43. The Morgan fingerprint density at radius 3 is 2.80 bits per heavy atom. The Labute approximate surface area is 58.2 Å². The first-order valence-electron chi connectivity index (χ1n) is 3.18. The number of ketones is 1. The van der Waals surface area contributed by atoms with Crippen LogP contribution in [0.1, 0.15) is 12.8 Å². The third-order valence-corrected chi connectivity index (χ3v) is 1.52. The SMILES string of the molecule is O=C1CCN[C@@H](C(=O)O)C1. The highest BCUT2D eigenvalue weighted by atomic mass is 16.4. The van der Waals surface area contributed by atoms with Gasteiger partial charge >= 0.3 is 5.97 Å². The summed E-state index contributed by atoms with van der Waals surface area (Å²) in [6, 6.07) is -0.652. The maximum Gasteiger partial charge on any atom is 0.321 e. The van der Waals surface area contributed by atoms with Crippen molar-refractivity contribution in [1.29, 1.82) is 0 Å². The average molecular weight is 143 g/mol. The van der Waals surface area contributed by atoms with Crippen LogP contribution in [0.25, 0.3) is 0 Å². The number of hydrogen-bond donors (Lipinski definition) is 2. The minimum atomic E-state index is -0.937. The van der Waals surface area contributed by atoms with E-state index in [0.29, 0.717) is 13.0 Å². The topological polar surface area (TPSA) is 66.4 Å². The van der Waals surface area contributed by atoms with Gasteiger partial charge in [0.25, 0.3) is 0 Å². The molecule has 2 N–H and O–H groups in total. The fourth-order valence-electron chi connectivity index (χ4n) is 0.962. The molecule has 0 spiro atoms. The standard InChI is InChI=1S/C6H9NO3/c8-4-1-2-7-5(3-4)6(9)10/h5,7H,1-3H2,(H,9,10)/t5-/m1/s1. The van der Waals surface area contributed by atoms with Gasteiger partial charge in [0.15, 0.2) is 0 Å². The summed E-state index contributed by atoms with van der Waals surface area (Å²) in [6.07, 6.45) is 0.596. The summed E-state index contributed by atoms with van der Waals surface area (Å²) in [5.41, 5.74) is 0. The van der Waals surface area contributed by atoms with Gasteiger partial charge in [0.1, 0.15) is 11.8 Å². The van der Waals surface area contributed by atoms with Crippen molar-refractivity contribution in [2.75, 3.05) is 6.54 Å². The van der Waals surface area contributed by atoms with Crippen molar-refractivity contribution < 1.29 is 14.7 Å². The Morgan fingerprint density at radius 1 is 1.70 bits per heavy atom. The fourth-order valence-corrected chi connectivity index (χ4v) is 0.962. The zero-order valence-electron chi connectivity index (χ0n) is 5.46. The van der Waals surface area contributed by atoms with E-state index >= 15 is 0 Å². The minimum absolute atomic E-state index is 0.0335. The number of rotatable bonds is 1. The Bertz CT molecular complexity index is 164. The molecule has 0 aromatic heterocycles. The van der Waals surface area contributed by atoms with E-state index in [9.17, 15) is 9.59 Å². The molecule has 0 bridgehead atoms. The molecule has 1 saturated heterocycles. The van der Waals surface area contributed by atoms with Crippen LogP contribution >= 0.6 is 0 Å². The van der Waals surface area contributed by atoms with Gasteiger partial charge in [-0.3, -0.25) is 9.59 Å². The predicted octanol–water partition coefficient (Wildman–Crippen LogP) is -0.608. The lowest BCUT2D eigenvalue weighted by molar-refractivity contribution is -0.142. The third kappa shape index (κ3) is 1.54. The molecule has 1 aliphatic rings. The van der Waals surface area contributed by atoms with Crippen molar-refractivity contribution in [1.82, 2.24) is 5.32 Å². The van der Waals surface area contributed by atoms with Crippen LogP contribution in [0.5, 0.6) is 0 Å². The second kappa shape index (κ2) is 2.79. The van der Waals surface area contributed by atoms with Gasteiger partial charge in [-0.05, 0) is 0 Å². The van der Waals surface area contributed by atoms with Gasteiger partial charge in [0, 0.05) is 19.4 Å². The average Bonchev–Trinajstić information content (AvgIpc) is 1.88. The second-order valence-corrected chi connectivity index (χ2v) is 2.34. The monoisotopic (exact) mass is 143 g/mol. The number of carbonyl (C=O) groups excluding carboxylic acids is 1. The zero-order chi connectivity index (χ0) is 7.56. The number of nitrogens with one attached hydrogen (secondary N) is 1. The number of piperidine rings is 1. The van der Waals surface area contributed by atoms with Crippen molar-refractivity contribution in [3.05, 3.63) is 0 Å². The molecule has 0 unspecified atom stereocenters. The minimum Gasteiger partial charge on any atom is -0.480 e. The molecule has 0 radical (unpaired) electrons. The van der Waals surface area contributed by atoms with Crippen molar-refractivity contribution in [3.8, 4) is 0 Å². The van der Waals surface area contributed by atoms with Gasteiger partial charge in [-0.1, -0.05) is 0 Å². The summed E-state index contributed by atoms with van der Waals surface area (Å²) >= 11 is 0. The molecule has 0 saturated carbocycles. The van der Waals surface area contributed by atoms with Crippen LogP contribution in [0, 0.1) is 0 Å². The fraction of sp³-hybridized carbons (Fsp3) is 0.667. The smallest absolute Gasteiger partial charge is 0.321 e. The van der Waals surface area contributed by atoms with E-state index in [4.69, 9.17) is 5.11 Å². The van der Waals surface area contributed by atoms with Crippen molar-refractivity contribution >= 4 is 11.8 Å². The quantitative estimate of drug-likeness (QED) is 0.514. The number of Topliss-reactive ketones (excluding diaryl/α,β-unsaturated/α-hetero) is 1. The number of carboxylic acid groups (broad SMARTS) is 1. The van der Waals surface area contributed by atoms with Gasteiger partial charge in [0.2, 0.25) is 0 Å². The van der Waals surface area contributed by atoms with Crippen molar-refractivity contribution in [2.45, 2.75) is 18.9 Å². The Hall–Kier alpha value is -0.900. The highest BCUT2D eigenvalue weighted by molar-refractivity contribution is 5.87. The Balaban J connectivity index is 2.47. The molecular formula is C6H9NO3. The highest BCUT2D eigenvalue weighted by Crippen LogP contribution is 2.02. The second-order valence-electron chi connectivity index (χ2n) is 2.34. The van der Waals surface area contributed by atoms with E-state index in [1.165, 1.54) is 0 Å². The summed E-state index contributed by atoms with van der Waals surface area (Å²) in [6.45, 7) is 0.496. The van der Waals surface area contributed by atoms with Crippen LogP contribution in [0.4, 0.5) is 0 Å². The first-order chi connectivity index (χ1) is 4.70. The summed E-state index contributed by atoms with van der Waals surface area (Å²) in [4.78, 5) is 21.0. The number of hydrogen-bond acceptors (Lipinski definition) is 3. The van der Waals surface area contributed by atoms with Crippen LogP contribution in [0.3, 0.4) is 0 Å². The zero-order valence-corrected chi connectivity index (χ0v) is 5.46. The van der Waals surface area contributed by atoms with Gasteiger partial charge in [-0.15, -0.1) is 0 Å². The van der Waals surface area contributed by atoms with Gasteiger partial charge < -0.3 is 10.4 Å². The molecule has 1 aliphatic heterocycles. The Morgan fingerprint density at radius 2 is 2.40 bits per heavy atom. The molecule has 1 fully saturated rings. The summed E-state index contributed by atoms with van der Waals surface area (Å²) in [7, 11) is 0. The molecule has 0 aromatic carbocycles. The maximum absolute atomic E-state index is 10.7. The molecule has 1 rings (SSSR count). The van der Waals surface area contributed by atoms with E-state index in [0.717, 1.165) is 0 Å². The van der Waals surface area contributed by atoms with Gasteiger partial charge in [0.05, 0.1) is 0 Å². The molecule has 4 heteroatoms. The van der Waals surface area contributed by atoms with Crippen LogP contribution in [-0.2, 0) is 9.59 Å². The molecule has 4 nitrogen and oxygen atoms in total. The van der Waals surface area contributed by atoms with Crippen LogP contribution in [0.15, 0.2) is 0 Å². The molecular weight excluding hydrogens is 134 g/mol. The summed E-state index contributed by atoms with van der Waals surface area (Å²) in [5, 5.41) is 11.2. The molecule has 1 atom stereocenters. The van der Waals surface area contributed by atoms with Crippen LogP contribution in [-0.4, -0.2) is 29.4 Å². The normalized spacial score (nSPS) is 26.4. The molecule has 0 amide bonds. The van der Waals surface area contributed by atoms with E-state index in [1.807, 2.05) is 0 Å². The first-order valence-corrected chi connectivity index (χ1v) is 3.18. The van der Waals surface area contributed by atoms with E-state index in [1.54, 1.807) is 0 Å².